The molecule has 8 heterocycles. The smallest absolute Gasteiger partial charge is 0.212 e. The lowest BCUT2D eigenvalue weighted by Crippen LogP contribution is -2.69. The maximum Gasteiger partial charge on any atom is 0.212 e. The second kappa shape index (κ2) is 9.94. The fourth-order valence-electron chi connectivity index (χ4n) is 6.45. The molecule has 0 amide bonds. The van der Waals surface area contributed by atoms with Crippen LogP contribution in [0.1, 0.15) is 41.7 Å². The standard InChI is InChI=1S/C31H34N8O3/c1-31(2,41)22-14-36(15-22)23-9-26(29-21(10-32)13-35-38(29)18-23)19-4-6-27(33-11-19)37-16-24-8-25(17-37)39(24)30(40)20-5-7-28(42-3)34-12-20/h4-7,9,11-13,18,22,24-25,30,40-41H,8,14-17H2,1-3H3/i3D3. The number of aliphatic hydroxyl groups is 2. The SMILES string of the molecule is [2H]C([2H])([2H])Oc1ccc(C(O)N2C3CC2CN(c2ccc(-c4cc(N5CC(C(C)(C)O)C5)cn5ncc(C#N)c45)cn2)C3)cn1. The number of anilines is 2. The Kier molecular flexibility index (Phi) is 5.52. The minimum absolute atomic E-state index is 0.0140. The number of ether oxygens (including phenoxy) is 1. The van der Waals surface area contributed by atoms with E-state index < -0.39 is 18.9 Å². The van der Waals surface area contributed by atoms with Crippen LogP contribution in [0.4, 0.5) is 11.5 Å². The Morgan fingerprint density at radius 1 is 1.07 bits per heavy atom. The zero-order valence-electron chi connectivity index (χ0n) is 26.4. The molecule has 0 saturated carbocycles. The van der Waals surface area contributed by atoms with Gasteiger partial charge in [-0.15, -0.1) is 0 Å². The van der Waals surface area contributed by atoms with E-state index in [1.807, 2.05) is 38.4 Å². The molecule has 0 aliphatic carbocycles. The largest absolute Gasteiger partial charge is 0.481 e. The van der Waals surface area contributed by atoms with Crippen LogP contribution in [0.15, 0.2) is 55.1 Å². The summed E-state index contributed by atoms with van der Waals surface area (Å²) in [6.45, 7) is 6.56. The molecule has 4 aromatic heterocycles. The average molecular weight is 570 g/mol. The lowest BCUT2D eigenvalue weighted by Gasteiger charge is -2.58. The highest BCUT2D eigenvalue weighted by molar-refractivity contribution is 5.86. The number of piperidine rings is 1. The molecule has 3 atom stereocenters. The highest BCUT2D eigenvalue weighted by Crippen LogP contribution is 2.40. The molecule has 4 saturated heterocycles. The molecule has 0 aromatic carbocycles. The maximum atomic E-state index is 11.1. The number of pyridine rings is 3. The Bertz CT molecular complexity index is 1750. The minimum Gasteiger partial charge on any atom is -0.481 e. The topological polar surface area (TPSA) is 126 Å². The van der Waals surface area contributed by atoms with Crippen LogP contribution in [-0.2, 0) is 0 Å². The molecule has 0 radical (unpaired) electrons. The quantitative estimate of drug-likeness (QED) is 0.343. The number of piperazine rings is 1. The second-order valence-electron chi connectivity index (χ2n) is 12.0. The first-order valence-electron chi connectivity index (χ1n) is 15.6. The van der Waals surface area contributed by atoms with Gasteiger partial charge in [-0.3, -0.25) is 4.90 Å². The fraction of sp³-hybridized carbons (Fsp3) is 0.419. The van der Waals surface area contributed by atoms with Gasteiger partial charge in [0.05, 0.1) is 45.9 Å². The summed E-state index contributed by atoms with van der Waals surface area (Å²) < 4.78 is 28.2. The number of methoxy groups -OCH3 is 1. The predicted octanol–water partition coefficient (Wildman–Crippen LogP) is 2.83. The van der Waals surface area contributed by atoms with E-state index in [2.05, 4.69) is 36.9 Å². The van der Waals surface area contributed by atoms with E-state index in [1.54, 1.807) is 16.8 Å². The summed E-state index contributed by atoms with van der Waals surface area (Å²) in [5.74, 6) is 1.00. The molecule has 4 aliphatic rings. The summed E-state index contributed by atoms with van der Waals surface area (Å²) in [6, 6.07) is 11.7. The molecule has 2 bridgehead atoms. The van der Waals surface area contributed by atoms with Crippen molar-refractivity contribution in [3.63, 3.8) is 0 Å². The van der Waals surface area contributed by atoms with Crippen molar-refractivity contribution in [2.24, 2.45) is 5.92 Å². The van der Waals surface area contributed by atoms with Gasteiger partial charge >= 0.3 is 0 Å². The van der Waals surface area contributed by atoms with Gasteiger partial charge in [-0.05, 0) is 44.5 Å². The third-order valence-electron chi connectivity index (χ3n) is 9.04. The van der Waals surface area contributed by atoms with Gasteiger partial charge in [0.1, 0.15) is 18.1 Å². The van der Waals surface area contributed by atoms with Gasteiger partial charge in [0, 0.05) is 79.3 Å². The van der Waals surface area contributed by atoms with E-state index in [-0.39, 0.29) is 23.9 Å². The molecule has 0 spiro atoms. The van der Waals surface area contributed by atoms with E-state index in [1.165, 1.54) is 12.3 Å². The van der Waals surface area contributed by atoms with Crippen LogP contribution in [0, 0.1) is 17.2 Å². The molecule has 4 fully saturated rings. The minimum atomic E-state index is -2.58. The van der Waals surface area contributed by atoms with Crippen molar-refractivity contribution in [1.29, 1.82) is 5.26 Å². The molecule has 3 unspecified atom stereocenters. The molecule has 11 nitrogen and oxygen atoms in total. The van der Waals surface area contributed by atoms with E-state index in [4.69, 9.17) is 13.8 Å². The van der Waals surface area contributed by atoms with Crippen molar-refractivity contribution >= 4 is 17.0 Å². The number of nitrogens with zero attached hydrogens (tertiary/aromatic N) is 8. The Hall–Kier alpha value is -4.24. The number of hydrogen-bond donors (Lipinski definition) is 2. The molecule has 8 rings (SSSR count). The predicted molar refractivity (Wildman–Crippen MR) is 157 cm³/mol. The number of nitriles is 1. The Balaban J connectivity index is 1.06. The average Bonchev–Trinajstić information content (AvgIpc) is 3.38. The Morgan fingerprint density at radius 3 is 2.52 bits per heavy atom. The van der Waals surface area contributed by atoms with E-state index in [0.29, 0.717) is 24.2 Å². The lowest BCUT2D eigenvalue weighted by atomic mass is 9.84. The van der Waals surface area contributed by atoms with Gasteiger partial charge in [0.2, 0.25) is 5.88 Å². The van der Waals surface area contributed by atoms with Gasteiger partial charge in [-0.25, -0.2) is 14.5 Å². The van der Waals surface area contributed by atoms with Crippen molar-refractivity contribution in [3.05, 3.63) is 66.2 Å². The third-order valence-corrected chi connectivity index (χ3v) is 9.04. The Labute approximate surface area is 248 Å². The van der Waals surface area contributed by atoms with Crippen LogP contribution in [0.25, 0.3) is 16.6 Å². The van der Waals surface area contributed by atoms with Gasteiger partial charge in [-0.1, -0.05) is 0 Å². The molecule has 11 heteroatoms. The van der Waals surface area contributed by atoms with Crippen LogP contribution in [0.2, 0.25) is 0 Å². The zero-order valence-corrected chi connectivity index (χ0v) is 23.4. The van der Waals surface area contributed by atoms with Crippen molar-refractivity contribution < 1.29 is 19.1 Å². The molecule has 4 aromatic rings. The lowest BCUT2D eigenvalue weighted by molar-refractivity contribution is -0.127. The van der Waals surface area contributed by atoms with Crippen LogP contribution in [-0.4, -0.2) is 85.6 Å². The molecular formula is C31H34N8O3. The Morgan fingerprint density at radius 2 is 1.88 bits per heavy atom. The number of rotatable bonds is 7. The summed E-state index contributed by atoms with van der Waals surface area (Å²) in [5, 5.41) is 35.7. The summed E-state index contributed by atoms with van der Waals surface area (Å²) in [4.78, 5) is 15.4. The van der Waals surface area contributed by atoms with E-state index in [9.17, 15) is 15.5 Å². The van der Waals surface area contributed by atoms with Gasteiger partial charge in [0.15, 0.2) is 0 Å². The molecule has 4 aliphatic heterocycles. The van der Waals surface area contributed by atoms with Gasteiger partial charge in [0.25, 0.3) is 0 Å². The first kappa shape index (κ1) is 23.3. The van der Waals surface area contributed by atoms with Crippen LogP contribution in [0.5, 0.6) is 5.88 Å². The summed E-state index contributed by atoms with van der Waals surface area (Å²) in [7, 11) is -2.58. The number of aliphatic hydroxyl groups excluding tert-OH is 1. The molecule has 216 valence electrons. The highest BCUT2D eigenvalue weighted by Gasteiger charge is 2.48. The molecule has 42 heavy (non-hydrogen) atoms. The summed E-state index contributed by atoms with van der Waals surface area (Å²) >= 11 is 0. The van der Waals surface area contributed by atoms with Crippen LogP contribution < -0.4 is 14.5 Å². The van der Waals surface area contributed by atoms with Crippen LogP contribution >= 0.6 is 0 Å². The van der Waals surface area contributed by atoms with Crippen molar-refractivity contribution in [2.45, 2.75) is 44.2 Å². The molecular weight excluding hydrogens is 532 g/mol. The monoisotopic (exact) mass is 569 g/mol. The van der Waals surface area contributed by atoms with Crippen molar-refractivity contribution in [2.75, 3.05) is 43.0 Å². The first-order valence-corrected chi connectivity index (χ1v) is 14.1. The summed E-state index contributed by atoms with van der Waals surface area (Å²) in [6.07, 6.45) is 6.90. The van der Waals surface area contributed by atoms with Crippen LogP contribution in [0.3, 0.4) is 0 Å². The number of aromatic nitrogens is 4. The van der Waals surface area contributed by atoms with E-state index >= 15 is 0 Å². The van der Waals surface area contributed by atoms with Gasteiger partial charge in [-0.2, -0.15) is 10.4 Å². The van der Waals surface area contributed by atoms with Gasteiger partial charge < -0.3 is 24.7 Å². The van der Waals surface area contributed by atoms with E-state index in [0.717, 1.165) is 47.7 Å². The summed E-state index contributed by atoms with van der Waals surface area (Å²) in [5.41, 5.74) is 3.77. The highest BCUT2D eigenvalue weighted by atomic mass is 16.5. The van der Waals surface area contributed by atoms with Crippen molar-refractivity contribution in [1.82, 2.24) is 24.5 Å². The number of hydrogen-bond acceptors (Lipinski definition) is 10. The fourth-order valence-corrected chi connectivity index (χ4v) is 6.45. The molecule has 2 N–H and O–H groups in total. The zero-order chi connectivity index (χ0) is 31.7. The number of fused-ring (bicyclic) bond motifs is 3. The first-order chi connectivity index (χ1) is 21.4. The third kappa shape index (κ3) is 4.43. The van der Waals surface area contributed by atoms with Crippen molar-refractivity contribution in [3.8, 4) is 23.1 Å². The normalized spacial score (nSPS) is 22.9. The maximum absolute atomic E-state index is 11.1. The second-order valence-corrected chi connectivity index (χ2v) is 12.0.